The molecular formula is C27H34F3N3O4S. The van der Waals surface area contributed by atoms with E-state index >= 15 is 0 Å². The number of likely N-dealkylation sites (tertiary alicyclic amines) is 1. The molecule has 2 fully saturated rings. The van der Waals surface area contributed by atoms with E-state index < -0.39 is 17.6 Å². The Balaban J connectivity index is 1.69. The van der Waals surface area contributed by atoms with Crippen molar-refractivity contribution in [3.8, 4) is 5.75 Å². The zero-order chi connectivity index (χ0) is 27.7. The molecule has 7 nitrogen and oxygen atoms in total. The second-order valence-electron chi connectivity index (χ2n) is 10.9. The Morgan fingerprint density at radius 3 is 2.58 bits per heavy atom. The second-order valence-corrected chi connectivity index (χ2v) is 11.9. The standard InChI is InChI=1S/C27H34F3N3O4S/c1-17(34)33-11-5-7-19(33)16-37-22-10-9-18(27(28,29)30)13-21(22)24(35)31-25-32(14-20-8-6-12-36-20)15-23(38-25)26(2,3)4/h9-10,13,15,19-20H,5-8,11-12,14,16H2,1-4H3/t19-,20-/m1/s1. The van der Waals surface area contributed by atoms with Crippen LogP contribution < -0.4 is 9.54 Å². The van der Waals surface area contributed by atoms with Gasteiger partial charge in [-0.05, 0) is 49.3 Å². The van der Waals surface area contributed by atoms with Crippen molar-refractivity contribution in [3.63, 3.8) is 0 Å². The predicted octanol–water partition coefficient (Wildman–Crippen LogP) is 5.18. The first-order chi connectivity index (χ1) is 17.8. The number of hydrogen-bond acceptors (Lipinski definition) is 5. The van der Waals surface area contributed by atoms with E-state index in [1.807, 2.05) is 31.5 Å². The van der Waals surface area contributed by atoms with Crippen LogP contribution >= 0.6 is 11.3 Å². The summed E-state index contributed by atoms with van der Waals surface area (Å²) in [5.74, 6) is -0.886. The number of nitrogens with zero attached hydrogens (tertiary/aromatic N) is 3. The fourth-order valence-electron chi connectivity index (χ4n) is 4.71. The highest BCUT2D eigenvalue weighted by molar-refractivity contribution is 7.09. The maximum Gasteiger partial charge on any atom is 0.416 e. The molecule has 208 valence electrons. The average Bonchev–Trinajstić information content (AvgIpc) is 3.58. The smallest absolute Gasteiger partial charge is 0.416 e. The predicted molar refractivity (Wildman–Crippen MR) is 137 cm³/mol. The second kappa shape index (κ2) is 11.2. The van der Waals surface area contributed by atoms with E-state index in [4.69, 9.17) is 9.47 Å². The lowest BCUT2D eigenvalue weighted by Gasteiger charge is -2.24. The van der Waals surface area contributed by atoms with Crippen LogP contribution in [0.5, 0.6) is 5.75 Å². The molecule has 0 N–H and O–H groups in total. The molecule has 2 atom stereocenters. The van der Waals surface area contributed by atoms with Gasteiger partial charge < -0.3 is 18.9 Å². The van der Waals surface area contributed by atoms with Crippen molar-refractivity contribution in [1.29, 1.82) is 0 Å². The van der Waals surface area contributed by atoms with Crippen LogP contribution in [0, 0.1) is 0 Å². The molecule has 3 heterocycles. The minimum atomic E-state index is -4.63. The SMILES string of the molecule is CC(=O)N1CCC[C@@H]1COc1ccc(C(F)(F)F)cc1C(=O)N=c1sc(C(C)(C)C)cn1C[C@H]1CCCO1. The molecule has 2 aliphatic rings. The van der Waals surface area contributed by atoms with E-state index in [2.05, 4.69) is 4.99 Å². The summed E-state index contributed by atoms with van der Waals surface area (Å²) in [5, 5.41) is 0. The van der Waals surface area contributed by atoms with E-state index in [0.29, 0.717) is 24.5 Å². The van der Waals surface area contributed by atoms with Crippen LogP contribution in [0.1, 0.15) is 74.2 Å². The Hall–Kier alpha value is -2.66. The Morgan fingerprint density at radius 2 is 1.95 bits per heavy atom. The van der Waals surface area contributed by atoms with Gasteiger partial charge in [-0.15, -0.1) is 11.3 Å². The summed E-state index contributed by atoms with van der Waals surface area (Å²) in [4.78, 5) is 32.7. The van der Waals surface area contributed by atoms with Gasteiger partial charge in [0.15, 0.2) is 4.80 Å². The van der Waals surface area contributed by atoms with Crippen molar-refractivity contribution >= 4 is 23.2 Å². The molecule has 38 heavy (non-hydrogen) atoms. The zero-order valence-corrected chi connectivity index (χ0v) is 23.0. The Labute approximate surface area is 224 Å². The van der Waals surface area contributed by atoms with Gasteiger partial charge in [-0.2, -0.15) is 18.2 Å². The van der Waals surface area contributed by atoms with Gasteiger partial charge in [0.1, 0.15) is 12.4 Å². The quantitative estimate of drug-likeness (QED) is 0.495. The highest BCUT2D eigenvalue weighted by Gasteiger charge is 2.33. The van der Waals surface area contributed by atoms with Gasteiger partial charge in [0.25, 0.3) is 5.91 Å². The van der Waals surface area contributed by atoms with Crippen molar-refractivity contribution in [2.75, 3.05) is 19.8 Å². The fourth-order valence-corrected chi connectivity index (χ4v) is 5.76. The molecule has 0 radical (unpaired) electrons. The summed E-state index contributed by atoms with van der Waals surface area (Å²) < 4.78 is 54.1. The van der Waals surface area contributed by atoms with Crippen LogP contribution in [0.15, 0.2) is 29.4 Å². The van der Waals surface area contributed by atoms with Crippen LogP contribution in [0.25, 0.3) is 0 Å². The third-order valence-electron chi connectivity index (χ3n) is 6.83. The highest BCUT2D eigenvalue weighted by atomic mass is 32.1. The molecule has 11 heteroatoms. The summed E-state index contributed by atoms with van der Waals surface area (Å²) in [6.07, 6.45) is 0.702. The van der Waals surface area contributed by atoms with Gasteiger partial charge in [-0.3, -0.25) is 9.59 Å². The minimum Gasteiger partial charge on any atom is -0.491 e. The van der Waals surface area contributed by atoms with Crippen LogP contribution in [0.4, 0.5) is 13.2 Å². The summed E-state index contributed by atoms with van der Waals surface area (Å²) in [6.45, 7) is 9.50. The van der Waals surface area contributed by atoms with E-state index in [9.17, 15) is 22.8 Å². The number of carbonyl (C=O) groups is 2. The van der Waals surface area contributed by atoms with Crippen molar-refractivity contribution in [1.82, 2.24) is 9.47 Å². The monoisotopic (exact) mass is 553 g/mol. The average molecular weight is 554 g/mol. The van der Waals surface area contributed by atoms with Crippen molar-refractivity contribution in [2.24, 2.45) is 4.99 Å². The summed E-state index contributed by atoms with van der Waals surface area (Å²) >= 11 is 1.34. The van der Waals surface area contributed by atoms with E-state index in [1.165, 1.54) is 18.3 Å². The number of rotatable bonds is 6. The number of amides is 2. The third kappa shape index (κ3) is 6.66. The van der Waals surface area contributed by atoms with Crippen LogP contribution in [0.2, 0.25) is 0 Å². The first-order valence-corrected chi connectivity index (χ1v) is 13.7. The Morgan fingerprint density at radius 1 is 1.18 bits per heavy atom. The molecule has 0 aliphatic carbocycles. The molecule has 2 saturated heterocycles. The maximum atomic E-state index is 13.5. The van der Waals surface area contributed by atoms with Crippen molar-refractivity contribution < 1.29 is 32.2 Å². The number of ether oxygens (including phenoxy) is 2. The summed E-state index contributed by atoms with van der Waals surface area (Å²) in [5.41, 5.74) is -1.42. The van der Waals surface area contributed by atoms with E-state index in [0.717, 1.165) is 48.8 Å². The lowest BCUT2D eigenvalue weighted by molar-refractivity contribution is -0.137. The lowest BCUT2D eigenvalue weighted by atomic mass is 9.95. The van der Waals surface area contributed by atoms with Crippen molar-refractivity contribution in [3.05, 3.63) is 45.2 Å². The van der Waals surface area contributed by atoms with Crippen LogP contribution in [0.3, 0.4) is 0 Å². The molecule has 2 aliphatic heterocycles. The summed E-state index contributed by atoms with van der Waals surface area (Å²) in [6, 6.07) is 2.65. The molecule has 1 aromatic carbocycles. The highest BCUT2D eigenvalue weighted by Crippen LogP contribution is 2.33. The molecule has 0 spiro atoms. The number of hydrogen-bond donors (Lipinski definition) is 0. The van der Waals surface area contributed by atoms with E-state index in [1.54, 1.807) is 4.90 Å². The fraction of sp³-hybridized carbons (Fsp3) is 0.593. The Bertz CT molecular complexity index is 1240. The van der Waals surface area contributed by atoms with Crippen LogP contribution in [-0.2, 0) is 27.7 Å². The molecule has 0 bridgehead atoms. The number of benzene rings is 1. The lowest BCUT2D eigenvalue weighted by Crippen LogP contribution is -2.37. The third-order valence-corrected chi connectivity index (χ3v) is 8.28. The van der Waals surface area contributed by atoms with E-state index in [-0.39, 0.29) is 41.4 Å². The topological polar surface area (TPSA) is 73.1 Å². The molecule has 2 amide bonds. The molecule has 4 rings (SSSR count). The molecule has 0 unspecified atom stereocenters. The summed E-state index contributed by atoms with van der Waals surface area (Å²) in [7, 11) is 0. The van der Waals surface area contributed by atoms with Gasteiger partial charge in [0.2, 0.25) is 5.91 Å². The van der Waals surface area contributed by atoms with Gasteiger partial charge in [-0.1, -0.05) is 20.8 Å². The zero-order valence-electron chi connectivity index (χ0n) is 22.1. The molecular weight excluding hydrogens is 519 g/mol. The normalized spacial score (nSPS) is 20.8. The Kier molecular flexibility index (Phi) is 8.37. The minimum absolute atomic E-state index is 0.00504. The first-order valence-electron chi connectivity index (χ1n) is 12.9. The number of aromatic nitrogens is 1. The van der Waals surface area contributed by atoms with Gasteiger partial charge >= 0.3 is 6.18 Å². The number of carbonyl (C=O) groups excluding carboxylic acids is 2. The molecule has 2 aromatic rings. The molecule has 0 saturated carbocycles. The largest absolute Gasteiger partial charge is 0.491 e. The number of thiazole rings is 1. The van der Waals surface area contributed by atoms with Gasteiger partial charge in [0, 0.05) is 31.1 Å². The number of halogens is 3. The molecule has 1 aromatic heterocycles. The van der Waals surface area contributed by atoms with Crippen LogP contribution in [-0.4, -0.2) is 53.2 Å². The number of alkyl halides is 3. The van der Waals surface area contributed by atoms with Gasteiger partial charge in [-0.25, -0.2) is 0 Å². The maximum absolute atomic E-state index is 13.5. The van der Waals surface area contributed by atoms with Gasteiger partial charge in [0.05, 0.1) is 29.8 Å². The first kappa shape index (κ1) is 28.4. The van der Waals surface area contributed by atoms with Crippen molar-refractivity contribution in [2.45, 2.75) is 83.7 Å².